The minimum absolute atomic E-state index is 1.23. The van der Waals surface area contributed by atoms with E-state index in [9.17, 15) is 0 Å². The van der Waals surface area contributed by atoms with Crippen LogP contribution >= 0.6 is 11.9 Å². The van der Waals surface area contributed by atoms with Gasteiger partial charge in [-0.25, -0.2) is 0 Å². The number of nitrogens with one attached hydrogen (secondary N) is 2. The Hall–Kier alpha value is -0.440. The summed E-state index contributed by atoms with van der Waals surface area (Å²) in [5.74, 6) is 0. The number of hydrogen-bond acceptors (Lipinski definition) is 3. The van der Waals surface area contributed by atoms with Crippen molar-refractivity contribution in [3.8, 4) is 0 Å². The molecule has 0 radical (unpaired) electrons. The second kappa shape index (κ2) is 5.56. The maximum absolute atomic E-state index is 6.52. The molecule has 3 heteroatoms. The minimum Gasteiger partial charge on any atom is -0.337 e. The van der Waals surface area contributed by atoms with Gasteiger partial charge in [0.25, 0.3) is 0 Å². The highest BCUT2D eigenvalue weighted by Crippen LogP contribution is 1.78. The van der Waals surface area contributed by atoms with E-state index >= 15 is 0 Å². The lowest BCUT2D eigenvalue weighted by molar-refractivity contribution is 1.43. The lowest BCUT2D eigenvalue weighted by atomic mass is 10.7. The number of allylic oxidation sites excluding steroid dienone is 1. The lowest BCUT2D eigenvalue weighted by Gasteiger charge is -1.84. The van der Waals surface area contributed by atoms with Crippen LogP contribution in [0.15, 0.2) is 12.3 Å². The fourth-order valence-electron chi connectivity index (χ4n) is 0.155. The van der Waals surface area contributed by atoms with Gasteiger partial charge < -0.3 is 10.1 Å². The van der Waals surface area contributed by atoms with Crippen LogP contribution in [0.2, 0.25) is 0 Å². The normalized spacial score (nSPS) is 9.29. The van der Waals surface area contributed by atoms with Crippen LogP contribution in [0, 0.1) is 5.41 Å². The predicted molar refractivity (Wildman–Crippen MR) is 34.6 cm³/mol. The van der Waals surface area contributed by atoms with Gasteiger partial charge in [0.2, 0.25) is 0 Å². The highest BCUT2D eigenvalue weighted by atomic mass is 32.2. The van der Waals surface area contributed by atoms with E-state index in [1.165, 1.54) is 18.2 Å². The van der Waals surface area contributed by atoms with E-state index in [1.54, 1.807) is 12.3 Å². The topological polar surface area (TPSA) is 35.9 Å². The highest BCUT2D eigenvalue weighted by Gasteiger charge is 1.61. The quantitative estimate of drug-likeness (QED) is 0.426. The molecule has 0 spiro atoms. The van der Waals surface area contributed by atoms with Gasteiger partial charge >= 0.3 is 0 Å². The maximum atomic E-state index is 6.52. The average Bonchev–Trinajstić information content (AvgIpc) is 1.69. The van der Waals surface area contributed by atoms with Crippen LogP contribution in [0.3, 0.4) is 0 Å². The Balaban J connectivity index is 2.92. The summed E-state index contributed by atoms with van der Waals surface area (Å²) in [4.78, 5) is 0. The van der Waals surface area contributed by atoms with Crippen molar-refractivity contribution in [3.63, 3.8) is 0 Å². The molecule has 0 aromatic carbocycles. The molecule has 0 bridgehead atoms. The molecule has 2 nitrogen and oxygen atoms in total. The van der Waals surface area contributed by atoms with Gasteiger partial charge in [0.15, 0.2) is 0 Å². The second-order valence-electron chi connectivity index (χ2n) is 0.848. The minimum atomic E-state index is 1.23. The molecule has 0 unspecified atom stereocenters. The zero-order valence-electron chi connectivity index (χ0n) is 4.14. The first-order valence-corrected chi connectivity index (χ1v) is 3.08. The van der Waals surface area contributed by atoms with Crippen LogP contribution in [0.25, 0.3) is 0 Å². The molecule has 0 saturated heterocycles. The van der Waals surface area contributed by atoms with Gasteiger partial charge in [0.1, 0.15) is 0 Å². The Morgan fingerprint density at radius 3 is 2.86 bits per heavy atom. The number of hydrogen-bond donors (Lipinski definition) is 2. The maximum Gasteiger partial charge on any atom is 0.0192 e. The predicted octanol–water partition coefficient (Wildman–Crippen LogP) is 1.02. The summed E-state index contributed by atoms with van der Waals surface area (Å²) in [6, 6.07) is 0. The molecular weight excluding hydrogens is 108 g/mol. The first kappa shape index (κ1) is 6.56. The van der Waals surface area contributed by atoms with Crippen LogP contribution in [-0.4, -0.2) is 12.5 Å². The van der Waals surface area contributed by atoms with Crippen molar-refractivity contribution in [1.29, 1.82) is 5.41 Å². The van der Waals surface area contributed by atoms with Crippen molar-refractivity contribution in [1.82, 2.24) is 4.72 Å². The van der Waals surface area contributed by atoms with Crippen LogP contribution in [0.1, 0.15) is 0 Å². The van der Waals surface area contributed by atoms with E-state index < -0.39 is 0 Å². The fourth-order valence-corrected chi connectivity index (χ4v) is 0.370. The molecule has 0 atom stereocenters. The number of rotatable bonds is 3. The zero-order chi connectivity index (χ0) is 5.54. The van der Waals surface area contributed by atoms with Crippen molar-refractivity contribution >= 4 is 18.2 Å². The van der Waals surface area contributed by atoms with E-state index in [0.29, 0.717) is 0 Å². The fraction of sp³-hybridized carbons (Fsp3) is 0.250. The third-order valence-corrected chi connectivity index (χ3v) is 0.750. The monoisotopic (exact) mass is 116 g/mol. The van der Waals surface area contributed by atoms with E-state index in [0.717, 1.165) is 0 Å². The average molecular weight is 116 g/mol. The smallest absolute Gasteiger partial charge is 0.0192 e. The summed E-state index contributed by atoms with van der Waals surface area (Å²) in [6.07, 6.45) is 6.48. The molecule has 0 amide bonds. The van der Waals surface area contributed by atoms with Gasteiger partial charge in [-0.1, -0.05) is 11.9 Å². The molecule has 0 aliphatic heterocycles. The van der Waals surface area contributed by atoms with E-state index in [-0.39, 0.29) is 0 Å². The van der Waals surface area contributed by atoms with E-state index in [2.05, 4.69) is 4.72 Å². The Bertz CT molecular complexity index is 70.1. The van der Waals surface area contributed by atoms with Crippen LogP contribution in [-0.2, 0) is 0 Å². The molecule has 40 valence electrons. The van der Waals surface area contributed by atoms with Gasteiger partial charge in [0.05, 0.1) is 0 Å². The third kappa shape index (κ3) is 5.56. The summed E-state index contributed by atoms with van der Waals surface area (Å²) in [5.41, 5.74) is 0. The van der Waals surface area contributed by atoms with E-state index in [4.69, 9.17) is 5.41 Å². The summed E-state index contributed by atoms with van der Waals surface area (Å²) in [5, 5.41) is 6.52. The Kier molecular flexibility index (Phi) is 5.21. The molecule has 7 heavy (non-hydrogen) atoms. The van der Waals surface area contributed by atoms with E-state index in [1.807, 2.05) is 6.26 Å². The van der Waals surface area contributed by atoms with Crippen molar-refractivity contribution in [3.05, 3.63) is 12.3 Å². The van der Waals surface area contributed by atoms with Crippen molar-refractivity contribution in [2.24, 2.45) is 0 Å². The third-order valence-electron chi connectivity index (χ3n) is 0.378. The molecule has 0 fully saturated rings. The Labute approximate surface area is 47.6 Å². The van der Waals surface area contributed by atoms with Gasteiger partial charge in [-0.15, -0.1) is 0 Å². The molecule has 0 rings (SSSR count). The summed E-state index contributed by atoms with van der Waals surface area (Å²) >= 11 is 1.50. The lowest BCUT2D eigenvalue weighted by Crippen LogP contribution is -1.86. The Morgan fingerprint density at radius 1 is 1.71 bits per heavy atom. The summed E-state index contributed by atoms with van der Waals surface area (Å²) < 4.78 is 2.83. The van der Waals surface area contributed by atoms with Crippen LogP contribution < -0.4 is 4.72 Å². The first-order valence-electron chi connectivity index (χ1n) is 1.86. The van der Waals surface area contributed by atoms with Crippen molar-refractivity contribution in [2.45, 2.75) is 0 Å². The molecule has 0 saturated carbocycles. The summed E-state index contributed by atoms with van der Waals surface area (Å²) in [6.45, 7) is 0. The van der Waals surface area contributed by atoms with Crippen LogP contribution in [0.4, 0.5) is 0 Å². The molecule has 0 aliphatic rings. The standard InChI is InChI=1S/C4H8N2S/c1-7-6-4-2-3-5/h2-6H,1H3/b4-2-,5-3?. The Morgan fingerprint density at radius 2 is 2.43 bits per heavy atom. The molecular formula is C4H8N2S. The summed E-state index contributed by atoms with van der Waals surface area (Å²) in [7, 11) is 0. The zero-order valence-corrected chi connectivity index (χ0v) is 4.96. The van der Waals surface area contributed by atoms with Crippen molar-refractivity contribution < 1.29 is 0 Å². The molecule has 0 aromatic heterocycles. The molecule has 0 aromatic rings. The highest BCUT2D eigenvalue weighted by molar-refractivity contribution is 7.96. The van der Waals surface area contributed by atoms with Gasteiger partial charge in [-0.2, -0.15) is 0 Å². The largest absolute Gasteiger partial charge is 0.337 e. The van der Waals surface area contributed by atoms with Gasteiger partial charge in [-0.05, 0) is 6.08 Å². The first-order chi connectivity index (χ1) is 3.41. The van der Waals surface area contributed by atoms with Crippen LogP contribution in [0.5, 0.6) is 0 Å². The van der Waals surface area contributed by atoms with Gasteiger partial charge in [0, 0.05) is 18.7 Å². The van der Waals surface area contributed by atoms with Gasteiger partial charge in [-0.3, -0.25) is 0 Å². The SMILES string of the molecule is CSN/C=C\C=N. The molecule has 0 aliphatic carbocycles. The molecule has 2 N–H and O–H groups in total. The van der Waals surface area contributed by atoms with Crippen molar-refractivity contribution in [2.75, 3.05) is 6.26 Å². The second-order valence-corrected chi connectivity index (χ2v) is 1.49. The molecule has 0 heterocycles.